The van der Waals surface area contributed by atoms with E-state index in [0.29, 0.717) is 11.8 Å². The van der Waals surface area contributed by atoms with E-state index in [0.717, 1.165) is 57.8 Å². The van der Waals surface area contributed by atoms with Gasteiger partial charge in [-0.3, -0.25) is 9.59 Å². The van der Waals surface area contributed by atoms with Crippen LogP contribution < -0.4 is 0 Å². The Kier molecular flexibility index (Phi) is 5.31. The minimum absolute atomic E-state index is 0.0142. The van der Waals surface area contributed by atoms with Crippen LogP contribution in [0.5, 0.6) is 0 Å². The minimum Gasteiger partial charge on any atom is -0.462 e. The summed E-state index contributed by atoms with van der Waals surface area (Å²) < 4.78 is 12.2. The minimum atomic E-state index is -0.294. The molecule has 4 heteroatoms. The zero-order valence-corrected chi connectivity index (χ0v) is 19.1. The summed E-state index contributed by atoms with van der Waals surface area (Å²) in [5.41, 5.74) is -0.419. The van der Waals surface area contributed by atoms with Crippen LogP contribution in [0.25, 0.3) is 0 Å². The molecule has 4 fully saturated rings. The Bertz CT molecular complexity index is 656. The van der Waals surface area contributed by atoms with E-state index in [1.807, 2.05) is 0 Å². The number of ether oxygens (including phenoxy) is 2. The lowest BCUT2D eigenvalue weighted by Gasteiger charge is -2.56. The van der Waals surface area contributed by atoms with Crippen LogP contribution in [0.1, 0.15) is 98.8 Å². The van der Waals surface area contributed by atoms with Crippen molar-refractivity contribution in [2.75, 3.05) is 0 Å². The molecule has 0 bridgehead atoms. The highest BCUT2D eigenvalue weighted by atomic mass is 16.6. The topological polar surface area (TPSA) is 52.6 Å². The molecule has 164 valence electrons. The van der Waals surface area contributed by atoms with Gasteiger partial charge in [-0.1, -0.05) is 41.0 Å². The maximum atomic E-state index is 13.0. The van der Waals surface area contributed by atoms with E-state index in [4.69, 9.17) is 9.47 Å². The van der Waals surface area contributed by atoms with Crippen LogP contribution in [0.15, 0.2) is 0 Å². The molecule has 4 saturated carbocycles. The first kappa shape index (κ1) is 21.2. The summed E-state index contributed by atoms with van der Waals surface area (Å²) >= 11 is 0. The number of esters is 2. The number of carbonyl (C=O) groups is 2. The number of carbonyl (C=O) groups excluding carboxylic acids is 2. The summed E-state index contributed by atoms with van der Waals surface area (Å²) in [7, 11) is 0. The van der Waals surface area contributed by atoms with Gasteiger partial charge in [0.15, 0.2) is 0 Å². The second-order valence-electron chi connectivity index (χ2n) is 11.9. The van der Waals surface area contributed by atoms with Crippen LogP contribution in [0, 0.1) is 34.5 Å². The second-order valence-corrected chi connectivity index (χ2v) is 11.9. The molecule has 0 aromatic heterocycles. The molecular weight excluding hydrogens is 364 g/mol. The average molecular weight is 405 g/mol. The first-order valence-corrected chi connectivity index (χ1v) is 12.0. The third-order valence-electron chi connectivity index (χ3n) is 8.52. The number of hydrogen-bond acceptors (Lipinski definition) is 4. The van der Waals surface area contributed by atoms with Crippen LogP contribution in [-0.2, 0) is 19.1 Å². The van der Waals surface area contributed by atoms with Crippen molar-refractivity contribution < 1.29 is 19.1 Å². The third-order valence-corrected chi connectivity index (χ3v) is 8.52. The SMILES string of the molecule is CCC1(OC(=O)C2CC3CC(OC(=O)C4(CC(C)(C)C)CC4C)C32)CCCCC1. The predicted octanol–water partition coefficient (Wildman–Crippen LogP) is 5.67. The van der Waals surface area contributed by atoms with E-state index in [9.17, 15) is 9.59 Å². The lowest BCUT2D eigenvalue weighted by atomic mass is 9.51. The summed E-state index contributed by atoms with van der Waals surface area (Å²) in [6.07, 6.45) is 10.1. The second kappa shape index (κ2) is 7.27. The van der Waals surface area contributed by atoms with E-state index in [2.05, 4.69) is 34.6 Å². The highest BCUT2D eigenvalue weighted by molar-refractivity contribution is 5.81. The van der Waals surface area contributed by atoms with E-state index >= 15 is 0 Å². The van der Waals surface area contributed by atoms with Gasteiger partial charge in [-0.15, -0.1) is 0 Å². The predicted molar refractivity (Wildman–Crippen MR) is 112 cm³/mol. The van der Waals surface area contributed by atoms with Gasteiger partial charge in [0.1, 0.15) is 11.7 Å². The Morgan fingerprint density at radius 3 is 2.24 bits per heavy atom. The molecule has 0 heterocycles. The summed E-state index contributed by atoms with van der Waals surface area (Å²) in [5.74, 6) is 1.05. The number of hydrogen-bond donors (Lipinski definition) is 0. The molecular formula is C25H40O4. The monoisotopic (exact) mass is 404 g/mol. The van der Waals surface area contributed by atoms with Gasteiger partial charge in [0, 0.05) is 5.92 Å². The van der Waals surface area contributed by atoms with Gasteiger partial charge in [0.25, 0.3) is 0 Å². The Balaban J connectivity index is 1.34. The van der Waals surface area contributed by atoms with Gasteiger partial charge >= 0.3 is 11.9 Å². The quantitative estimate of drug-likeness (QED) is 0.535. The molecule has 0 aliphatic heterocycles. The average Bonchev–Trinajstić information content (AvgIpc) is 3.27. The van der Waals surface area contributed by atoms with Gasteiger partial charge in [-0.05, 0) is 75.0 Å². The summed E-state index contributed by atoms with van der Waals surface area (Å²) in [4.78, 5) is 26.0. The first-order chi connectivity index (χ1) is 13.6. The van der Waals surface area contributed by atoms with Crippen molar-refractivity contribution in [1.29, 1.82) is 0 Å². The Morgan fingerprint density at radius 2 is 1.72 bits per heavy atom. The van der Waals surface area contributed by atoms with Gasteiger partial charge in [0.2, 0.25) is 0 Å². The fraction of sp³-hybridized carbons (Fsp3) is 0.920. The molecule has 4 aliphatic carbocycles. The van der Waals surface area contributed by atoms with E-state index < -0.39 is 0 Å². The van der Waals surface area contributed by atoms with E-state index in [-0.39, 0.29) is 46.3 Å². The van der Waals surface area contributed by atoms with E-state index in [1.54, 1.807) is 0 Å². The van der Waals surface area contributed by atoms with Crippen molar-refractivity contribution in [3.8, 4) is 0 Å². The van der Waals surface area contributed by atoms with Crippen molar-refractivity contribution in [1.82, 2.24) is 0 Å². The van der Waals surface area contributed by atoms with Gasteiger partial charge < -0.3 is 9.47 Å². The molecule has 0 saturated heterocycles. The van der Waals surface area contributed by atoms with Crippen LogP contribution in [0.2, 0.25) is 0 Å². The van der Waals surface area contributed by atoms with E-state index in [1.165, 1.54) is 6.42 Å². The summed E-state index contributed by atoms with van der Waals surface area (Å²) in [5, 5.41) is 0. The lowest BCUT2D eigenvalue weighted by Crippen LogP contribution is -2.60. The molecule has 6 atom stereocenters. The maximum Gasteiger partial charge on any atom is 0.312 e. The zero-order chi connectivity index (χ0) is 21.0. The van der Waals surface area contributed by atoms with Crippen molar-refractivity contribution in [3.63, 3.8) is 0 Å². The molecule has 0 aromatic carbocycles. The molecule has 0 spiro atoms. The molecule has 6 unspecified atom stereocenters. The van der Waals surface area contributed by atoms with Crippen LogP contribution >= 0.6 is 0 Å². The standard InChI is InChI=1S/C25H40O4/c1-6-24(10-8-7-9-11-24)29-21(26)18-12-17-13-19(20(17)18)28-22(27)25(14-16(25)2)15-23(3,4)5/h16-20H,6-15H2,1-5H3. The Hall–Kier alpha value is -1.06. The molecule has 4 nitrogen and oxygen atoms in total. The molecule has 0 aromatic rings. The van der Waals surface area contributed by atoms with Crippen LogP contribution in [0.3, 0.4) is 0 Å². The smallest absolute Gasteiger partial charge is 0.312 e. The highest BCUT2D eigenvalue weighted by Gasteiger charge is 2.63. The first-order valence-electron chi connectivity index (χ1n) is 12.0. The van der Waals surface area contributed by atoms with Crippen molar-refractivity contribution in [2.24, 2.45) is 34.5 Å². The fourth-order valence-electron chi connectivity index (χ4n) is 6.53. The van der Waals surface area contributed by atoms with Crippen LogP contribution in [0.4, 0.5) is 0 Å². The third kappa shape index (κ3) is 3.85. The van der Waals surface area contributed by atoms with Gasteiger partial charge in [-0.25, -0.2) is 0 Å². The molecule has 29 heavy (non-hydrogen) atoms. The van der Waals surface area contributed by atoms with Gasteiger partial charge in [-0.2, -0.15) is 0 Å². The lowest BCUT2D eigenvalue weighted by molar-refractivity contribution is -0.213. The summed E-state index contributed by atoms with van der Waals surface area (Å²) in [6.45, 7) is 10.9. The van der Waals surface area contributed by atoms with Crippen molar-refractivity contribution in [2.45, 2.75) is 111 Å². The largest absolute Gasteiger partial charge is 0.462 e. The van der Waals surface area contributed by atoms with Gasteiger partial charge in [0.05, 0.1) is 11.3 Å². The normalized spacial score (nSPS) is 40.1. The molecule has 0 radical (unpaired) electrons. The highest BCUT2D eigenvalue weighted by Crippen LogP contribution is 2.61. The molecule has 0 N–H and O–H groups in total. The van der Waals surface area contributed by atoms with Crippen molar-refractivity contribution in [3.05, 3.63) is 0 Å². The van der Waals surface area contributed by atoms with Crippen molar-refractivity contribution >= 4 is 11.9 Å². The summed E-state index contributed by atoms with van der Waals surface area (Å²) in [6, 6.07) is 0. The number of fused-ring (bicyclic) bond motifs is 1. The maximum absolute atomic E-state index is 13.0. The Morgan fingerprint density at radius 1 is 1.07 bits per heavy atom. The Labute approximate surface area is 176 Å². The fourth-order valence-corrected chi connectivity index (χ4v) is 6.53. The molecule has 4 aliphatic rings. The van der Waals surface area contributed by atoms with Crippen LogP contribution in [-0.4, -0.2) is 23.6 Å². The zero-order valence-electron chi connectivity index (χ0n) is 19.1. The molecule has 0 amide bonds. The molecule has 4 rings (SSSR count). The number of rotatable bonds is 6.